The van der Waals surface area contributed by atoms with E-state index in [4.69, 9.17) is 4.74 Å². The number of hydrogen-bond donors (Lipinski definition) is 2. The van der Waals surface area contributed by atoms with Gasteiger partial charge in [-0.25, -0.2) is 0 Å². The highest BCUT2D eigenvalue weighted by Crippen LogP contribution is 2.33. The van der Waals surface area contributed by atoms with Gasteiger partial charge in [-0.3, -0.25) is 0 Å². The number of ether oxygens (including phenoxy) is 1. The summed E-state index contributed by atoms with van der Waals surface area (Å²) in [5.41, 5.74) is 2.35. The van der Waals surface area contributed by atoms with Gasteiger partial charge in [-0.05, 0) is 78.1 Å². The minimum Gasteiger partial charge on any atom is -0.484 e. The molecule has 4 nitrogen and oxygen atoms in total. The van der Waals surface area contributed by atoms with Crippen molar-refractivity contribution in [3.8, 4) is 5.75 Å². The van der Waals surface area contributed by atoms with E-state index >= 15 is 0 Å². The van der Waals surface area contributed by atoms with Gasteiger partial charge in [0.2, 0.25) is 0 Å². The van der Waals surface area contributed by atoms with Crippen molar-refractivity contribution in [1.82, 2.24) is 10.2 Å². The first kappa shape index (κ1) is 16.1. The maximum absolute atomic E-state index is 5.97. The Hall–Kier alpha value is -1.26. The molecule has 118 valence electrons. The molecule has 0 amide bonds. The molecule has 1 aliphatic heterocycles. The van der Waals surface area contributed by atoms with Crippen LogP contribution in [0.1, 0.15) is 25.8 Å². The predicted octanol–water partition coefficient (Wildman–Crippen LogP) is 2.35. The molecule has 1 aromatic rings. The molecule has 1 heterocycles. The molecule has 2 rings (SSSR count). The van der Waals surface area contributed by atoms with Crippen molar-refractivity contribution in [3.05, 3.63) is 23.8 Å². The number of nitrogens with one attached hydrogen (secondary N) is 2. The second-order valence-electron chi connectivity index (χ2n) is 6.70. The Balaban J connectivity index is 1.75. The van der Waals surface area contributed by atoms with Crippen molar-refractivity contribution >= 4 is 5.69 Å². The first-order chi connectivity index (χ1) is 9.96. The lowest BCUT2D eigenvalue weighted by molar-refractivity contribution is 0.116. The fourth-order valence-electron chi connectivity index (χ4n) is 2.48. The van der Waals surface area contributed by atoms with Gasteiger partial charge in [0.05, 0.1) is 12.2 Å². The van der Waals surface area contributed by atoms with Gasteiger partial charge in [-0.1, -0.05) is 6.07 Å². The molecule has 0 fully saturated rings. The topological polar surface area (TPSA) is 36.5 Å². The quantitative estimate of drug-likeness (QED) is 0.756. The van der Waals surface area contributed by atoms with Crippen molar-refractivity contribution in [2.75, 3.05) is 45.6 Å². The fourth-order valence-corrected chi connectivity index (χ4v) is 2.48. The molecule has 0 bridgehead atoms. The monoisotopic (exact) mass is 291 g/mol. The van der Waals surface area contributed by atoms with Gasteiger partial charge in [0.1, 0.15) is 11.4 Å². The third kappa shape index (κ3) is 5.21. The molecule has 0 aromatic heterocycles. The van der Waals surface area contributed by atoms with E-state index in [2.05, 4.69) is 61.7 Å². The SMILES string of the molecule is CN(C)CCCNCCc1ccc2c(c1)NCC(C)(C)O2. The number of hydrogen-bond acceptors (Lipinski definition) is 4. The van der Waals surface area contributed by atoms with Crippen LogP contribution < -0.4 is 15.4 Å². The Morgan fingerprint density at radius 3 is 2.86 bits per heavy atom. The highest BCUT2D eigenvalue weighted by Gasteiger charge is 2.25. The lowest BCUT2D eigenvalue weighted by atomic mass is 10.0. The molecule has 0 saturated carbocycles. The summed E-state index contributed by atoms with van der Waals surface area (Å²) in [4.78, 5) is 2.22. The molecule has 21 heavy (non-hydrogen) atoms. The van der Waals surface area contributed by atoms with Gasteiger partial charge in [0.25, 0.3) is 0 Å². The Morgan fingerprint density at radius 2 is 2.10 bits per heavy atom. The Labute approximate surface area is 128 Å². The first-order valence-electron chi connectivity index (χ1n) is 7.87. The van der Waals surface area contributed by atoms with E-state index in [-0.39, 0.29) is 5.60 Å². The lowest BCUT2D eigenvalue weighted by Gasteiger charge is -2.33. The molecule has 0 aliphatic carbocycles. The molecular weight excluding hydrogens is 262 g/mol. The van der Waals surface area contributed by atoms with E-state index in [1.165, 1.54) is 12.0 Å². The normalized spacial score (nSPS) is 16.2. The molecule has 0 spiro atoms. The summed E-state index contributed by atoms with van der Waals surface area (Å²) in [7, 11) is 4.23. The van der Waals surface area contributed by atoms with Crippen LogP contribution in [-0.2, 0) is 6.42 Å². The van der Waals surface area contributed by atoms with Crippen LogP contribution in [0.3, 0.4) is 0 Å². The molecule has 0 atom stereocenters. The molecule has 0 unspecified atom stereocenters. The maximum atomic E-state index is 5.97. The van der Waals surface area contributed by atoms with Crippen LogP contribution in [0.15, 0.2) is 18.2 Å². The van der Waals surface area contributed by atoms with E-state index < -0.39 is 0 Å². The zero-order chi connectivity index (χ0) is 15.3. The standard InChI is InChI=1S/C17H29N3O/c1-17(2)13-19-15-12-14(6-7-16(15)21-17)8-10-18-9-5-11-20(3)4/h6-7,12,18-19H,5,8-11,13H2,1-4H3. The van der Waals surface area contributed by atoms with Gasteiger partial charge in [0, 0.05) is 0 Å². The molecule has 1 aromatic carbocycles. The van der Waals surface area contributed by atoms with E-state index in [1.807, 2.05) is 0 Å². The van der Waals surface area contributed by atoms with E-state index in [0.717, 1.165) is 44.0 Å². The van der Waals surface area contributed by atoms with Crippen LogP contribution in [0.4, 0.5) is 5.69 Å². The van der Waals surface area contributed by atoms with Crippen molar-refractivity contribution in [3.63, 3.8) is 0 Å². The Bertz CT molecular complexity index is 457. The van der Waals surface area contributed by atoms with Crippen molar-refractivity contribution in [2.45, 2.75) is 32.3 Å². The fraction of sp³-hybridized carbons (Fsp3) is 0.647. The second-order valence-corrected chi connectivity index (χ2v) is 6.70. The molecule has 2 N–H and O–H groups in total. The maximum Gasteiger partial charge on any atom is 0.143 e. The van der Waals surface area contributed by atoms with Crippen LogP contribution in [-0.4, -0.2) is 50.8 Å². The summed E-state index contributed by atoms with van der Waals surface area (Å²) in [6, 6.07) is 6.47. The first-order valence-corrected chi connectivity index (χ1v) is 7.87. The van der Waals surface area contributed by atoms with E-state index in [0.29, 0.717) is 0 Å². The summed E-state index contributed by atoms with van der Waals surface area (Å²) in [5, 5.41) is 6.97. The van der Waals surface area contributed by atoms with Crippen molar-refractivity contribution in [2.24, 2.45) is 0 Å². The number of anilines is 1. The Morgan fingerprint density at radius 1 is 1.29 bits per heavy atom. The average molecular weight is 291 g/mol. The molecule has 0 saturated heterocycles. The summed E-state index contributed by atoms with van der Waals surface area (Å²) < 4.78 is 5.97. The van der Waals surface area contributed by atoms with Gasteiger partial charge in [-0.15, -0.1) is 0 Å². The minimum atomic E-state index is -0.123. The molecule has 0 radical (unpaired) electrons. The zero-order valence-corrected chi connectivity index (χ0v) is 13.8. The number of nitrogens with zero attached hydrogens (tertiary/aromatic N) is 1. The number of benzene rings is 1. The van der Waals surface area contributed by atoms with Gasteiger partial charge >= 0.3 is 0 Å². The average Bonchev–Trinajstić information content (AvgIpc) is 2.41. The minimum absolute atomic E-state index is 0.123. The Kier molecular flexibility index (Phi) is 5.48. The number of rotatable bonds is 7. The zero-order valence-electron chi connectivity index (χ0n) is 13.8. The number of fused-ring (bicyclic) bond motifs is 1. The van der Waals surface area contributed by atoms with Gasteiger partial charge in [-0.2, -0.15) is 0 Å². The highest BCUT2D eigenvalue weighted by atomic mass is 16.5. The van der Waals surface area contributed by atoms with Crippen LogP contribution in [0, 0.1) is 0 Å². The largest absolute Gasteiger partial charge is 0.484 e. The molecule has 1 aliphatic rings. The van der Waals surface area contributed by atoms with Crippen LogP contribution in [0.5, 0.6) is 5.75 Å². The van der Waals surface area contributed by atoms with Crippen LogP contribution in [0.25, 0.3) is 0 Å². The van der Waals surface area contributed by atoms with Crippen LogP contribution >= 0.6 is 0 Å². The van der Waals surface area contributed by atoms with Gasteiger partial charge in [0.15, 0.2) is 0 Å². The third-order valence-electron chi connectivity index (χ3n) is 3.68. The summed E-state index contributed by atoms with van der Waals surface area (Å²) in [6.07, 6.45) is 2.25. The summed E-state index contributed by atoms with van der Waals surface area (Å²) in [5.74, 6) is 0.967. The lowest BCUT2D eigenvalue weighted by Crippen LogP contribution is -2.40. The van der Waals surface area contributed by atoms with Crippen molar-refractivity contribution in [1.29, 1.82) is 0 Å². The molecular formula is C17H29N3O. The smallest absolute Gasteiger partial charge is 0.143 e. The second kappa shape index (κ2) is 7.14. The van der Waals surface area contributed by atoms with Crippen molar-refractivity contribution < 1.29 is 4.74 Å². The highest BCUT2D eigenvalue weighted by molar-refractivity contribution is 5.60. The predicted molar refractivity (Wildman–Crippen MR) is 89.4 cm³/mol. The van der Waals surface area contributed by atoms with Crippen LogP contribution in [0.2, 0.25) is 0 Å². The molecule has 4 heteroatoms. The van der Waals surface area contributed by atoms with Gasteiger partial charge < -0.3 is 20.3 Å². The summed E-state index contributed by atoms with van der Waals surface area (Å²) in [6.45, 7) is 8.31. The summed E-state index contributed by atoms with van der Waals surface area (Å²) >= 11 is 0. The van der Waals surface area contributed by atoms with E-state index in [9.17, 15) is 0 Å². The van der Waals surface area contributed by atoms with E-state index in [1.54, 1.807) is 0 Å². The third-order valence-corrected chi connectivity index (χ3v) is 3.68.